The molecule has 0 bridgehead atoms. The Labute approximate surface area is 185 Å². The average molecular weight is 450 g/mol. The predicted octanol–water partition coefficient (Wildman–Crippen LogP) is 1.36. The Bertz CT molecular complexity index is 1080. The third-order valence-electron chi connectivity index (χ3n) is 5.34. The number of benzene rings is 1. The fraction of sp³-hybridized carbons (Fsp3) is 0.500. The first-order valence-corrected chi connectivity index (χ1v) is 10.6. The van der Waals surface area contributed by atoms with E-state index in [2.05, 4.69) is 5.32 Å². The number of carboxylic acids is 2. The molecule has 1 aliphatic carbocycles. The zero-order valence-corrected chi connectivity index (χ0v) is 18.6. The van der Waals surface area contributed by atoms with E-state index in [0.717, 1.165) is 25.9 Å². The molecule has 1 saturated heterocycles. The summed E-state index contributed by atoms with van der Waals surface area (Å²) < 4.78 is 16.9. The molecule has 2 fully saturated rings. The molecule has 3 N–H and O–H groups in total. The van der Waals surface area contributed by atoms with Gasteiger partial charge >= 0.3 is 11.9 Å². The molecule has 32 heavy (non-hydrogen) atoms. The van der Waals surface area contributed by atoms with Crippen LogP contribution < -0.4 is 15.6 Å². The maximum atomic E-state index is 14.6. The third-order valence-corrected chi connectivity index (χ3v) is 5.34. The first kappa shape index (κ1) is 23.7. The number of aliphatic carboxylic acids is 1. The van der Waals surface area contributed by atoms with Gasteiger partial charge in [-0.1, -0.05) is 0 Å². The second kappa shape index (κ2) is 9.25. The second-order valence-electron chi connectivity index (χ2n) is 9.22. The van der Waals surface area contributed by atoms with Crippen LogP contribution in [0.15, 0.2) is 23.1 Å². The van der Waals surface area contributed by atoms with Crippen molar-refractivity contribution in [2.45, 2.75) is 18.9 Å². The van der Waals surface area contributed by atoms with Crippen molar-refractivity contribution in [3.05, 3.63) is 39.9 Å². The largest absolute Gasteiger partial charge is 0.477 e. The number of likely N-dealkylation sites (N-methyl/N-ethyl adjacent to an activating group) is 1. The number of carboxylic acid groups (broad SMARTS) is 2. The van der Waals surface area contributed by atoms with Crippen LogP contribution in [0.4, 0.5) is 10.1 Å². The number of nitrogens with one attached hydrogen (secondary N) is 1. The number of carbonyl (C=O) groups is 2. The van der Waals surface area contributed by atoms with Crippen molar-refractivity contribution in [3.8, 4) is 0 Å². The van der Waals surface area contributed by atoms with Crippen molar-refractivity contribution >= 4 is 28.5 Å². The molecule has 1 saturated carbocycles. The number of hydrogen-bond acceptors (Lipinski definition) is 5. The van der Waals surface area contributed by atoms with Crippen LogP contribution in [0, 0.1) is 5.82 Å². The number of aromatic carboxylic acids is 1. The summed E-state index contributed by atoms with van der Waals surface area (Å²) in [6.45, 7) is 3.14. The van der Waals surface area contributed by atoms with E-state index in [1.54, 1.807) is 6.07 Å². The van der Waals surface area contributed by atoms with Crippen molar-refractivity contribution in [2.24, 2.45) is 0 Å². The van der Waals surface area contributed by atoms with Gasteiger partial charge in [-0.15, -0.1) is 0 Å². The van der Waals surface area contributed by atoms with Crippen LogP contribution in [-0.2, 0) is 4.79 Å². The lowest BCUT2D eigenvalue weighted by Gasteiger charge is -2.30. The lowest BCUT2D eigenvalue weighted by Crippen LogP contribution is -2.43. The van der Waals surface area contributed by atoms with Crippen LogP contribution in [0.2, 0.25) is 0 Å². The molecule has 4 rings (SSSR count). The zero-order chi connectivity index (χ0) is 23.6. The molecular weight excluding hydrogens is 419 g/mol. The third kappa shape index (κ3) is 5.63. The highest BCUT2D eigenvalue weighted by Crippen LogP contribution is 2.38. The summed E-state index contributed by atoms with van der Waals surface area (Å²) in [5, 5.41) is 20.9. The summed E-state index contributed by atoms with van der Waals surface area (Å²) in [6.07, 6.45) is 3.29. The van der Waals surface area contributed by atoms with Gasteiger partial charge in [0.15, 0.2) is 6.54 Å². The van der Waals surface area contributed by atoms with E-state index >= 15 is 0 Å². The Balaban J connectivity index is 0.000000312. The van der Waals surface area contributed by atoms with Crippen LogP contribution in [-0.4, -0.2) is 85.1 Å². The van der Waals surface area contributed by atoms with Crippen molar-refractivity contribution in [1.29, 1.82) is 0 Å². The summed E-state index contributed by atoms with van der Waals surface area (Å²) in [5.74, 6) is -2.51. The molecule has 0 atom stereocenters. The number of nitrogens with zero attached hydrogens (tertiary/aromatic N) is 3. The molecule has 2 aliphatic rings. The van der Waals surface area contributed by atoms with Gasteiger partial charge in [0.2, 0.25) is 5.43 Å². The lowest BCUT2D eigenvalue weighted by atomic mass is 10.1. The smallest absolute Gasteiger partial charge is 0.359 e. The highest BCUT2D eigenvalue weighted by Gasteiger charge is 2.28. The monoisotopic (exact) mass is 449 g/mol. The maximum Gasteiger partial charge on any atom is 0.359 e. The minimum Gasteiger partial charge on any atom is -0.477 e. The Morgan fingerprint density at radius 2 is 1.78 bits per heavy atom. The van der Waals surface area contributed by atoms with Gasteiger partial charge in [-0.3, -0.25) is 4.79 Å². The van der Waals surface area contributed by atoms with Crippen molar-refractivity contribution in [2.75, 3.05) is 58.8 Å². The topological polar surface area (TPSA) is 112 Å². The number of fused-ring (bicyclic) bond motifs is 1. The summed E-state index contributed by atoms with van der Waals surface area (Å²) in [7, 11) is 5.52. The van der Waals surface area contributed by atoms with Crippen LogP contribution in [0.1, 0.15) is 29.2 Å². The van der Waals surface area contributed by atoms with Gasteiger partial charge in [-0.2, -0.15) is 0 Å². The van der Waals surface area contributed by atoms with Crippen molar-refractivity contribution in [3.63, 3.8) is 0 Å². The van der Waals surface area contributed by atoms with Crippen LogP contribution in [0.25, 0.3) is 10.9 Å². The highest BCUT2D eigenvalue weighted by molar-refractivity contribution is 5.93. The molecular formula is C22H30FN4O5+. The van der Waals surface area contributed by atoms with Gasteiger partial charge in [0, 0.05) is 43.8 Å². The minimum absolute atomic E-state index is 0.137. The van der Waals surface area contributed by atoms with E-state index in [0.29, 0.717) is 28.8 Å². The fourth-order valence-corrected chi connectivity index (χ4v) is 3.72. The molecule has 2 aromatic rings. The highest BCUT2D eigenvalue weighted by atomic mass is 19.1. The standard InChI is InChI=1S/C17H18FN3O3.C5H11NO2/c18-13-7-11-14(8-15(13)20-5-3-19-4-6-20)21(10-1-2-10)9-12(16(11)22)17(23)24;1-6(2,3)4-5(7)8/h7-10,19H,1-6H2,(H,23,24);4H2,1-3H3/p+1. The number of aromatic nitrogens is 1. The van der Waals surface area contributed by atoms with Crippen LogP contribution in [0.3, 0.4) is 0 Å². The van der Waals surface area contributed by atoms with Gasteiger partial charge in [0.05, 0.1) is 32.3 Å². The number of piperazine rings is 1. The molecule has 174 valence electrons. The summed E-state index contributed by atoms with van der Waals surface area (Å²) in [4.78, 5) is 35.7. The van der Waals surface area contributed by atoms with E-state index < -0.39 is 23.2 Å². The van der Waals surface area contributed by atoms with Crippen LogP contribution in [0.5, 0.6) is 0 Å². The molecule has 0 spiro atoms. The maximum absolute atomic E-state index is 14.6. The van der Waals surface area contributed by atoms with E-state index in [9.17, 15) is 23.9 Å². The molecule has 0 amide bonds. The molecule has 9 nitrogen and oxygen atoms in total. The molecule has 1 aliphatic heterocycles. The first-order chi connectivity index (χ1) is 15.0. The summed E-state index contributed by atoms with van der Waals surface area (Å²) in [6, 6.07) is 3.08. The number of halogens is 1. The van der Waals surface area contributed by atoms with E-state index in [-0.39, 0.29) is 23.5 Å². The Kier molecular flexibility index (Phi) is 6.85. The van der Waals surface area contributed by atoms with E-state index in [1.807, 2.05) is 30.6 Å². The average Bonchev–Trinajstić information content (AvgIpc) is 3.52. The number of pyridine rings is 1. The second-order valence-corrected chi connectivity index (χ2v) is 9.22. The molecule has 0 unspecified atom stereocenters. The normalized spacial score (nSPS) is 16.4. The van der Waals surface area contributed by atoms with Gasteiger partial charge in [0.25, 0.3) is 0 Å². The summed E-state index contributed by atoms with van der Waals surface area (Å²) >= 11 is 0. The minimum atomic E-state index is -1.28. The molecule has 2 heterocycles. The van der Waals surface area contributed by atoms with Gasteiger partial charge in [-0.25, -0.2) is 14.0 Å². The quantitative estimate of drug-likeness (QED) is 0.591. The molecule has 1 aromatic heterocycles. The Morgan fingerprint density at radius 1 is 1.16 bits per heavy atom. The Morgan fingerprint density at radius 3 is 2.25 bits per heavy atom. The number of anilines is 1. The Hall–Kier alpha value is -2.98. The van der Waals surface area contributed by atoms with Crippen LogP contribution >= 0.6 is 0 Å². The summed E-state index contributed by atoms with van der Waals surface area (Å²) in [5.41, 5.74) is 0.159. The van der Waals surface area contributed by atoms with Crippen molar-refractivity contribution in [1.82, 2.24) is 9.88 Å². The molecule has 0 radical (unpaired) electrons. The molecule has 10 heteroatoms. The van der Waals surface area contributed by atoms with E-state index in [4.69, 9.17) is 5.11 Å². The van der Waals surface area contributed by atoms with Gasteiger partial charge in [0.1, 0.15) is 11.4 Å². The predicted molar refractivity (Wildman–Crippen MR) is 119 cm³/mol. The zero-order valence-electron chi connectivity index (χ0n) is 18.6. The van der Waals surface area contributed by atoms with Gasteiger partial charge < -0.3 is 29.5 Å². The van der Waals surface area contributed by atoms with Crippen molar-refractivity contribution < 1.29 is 28.7 Å². The lowest BCUT2D eigenvalue weighted by molar-refractivity contribution is -0.862. The molecule has 1 aromatic carbocycles. The van der Waals surface area contributed by atoms with Gasteiger partial charge in [-0.05, 0) is 25.0 Å². The van der Waals surface area contributed by atoms with E-state index in [1.165, 1.54) is 12.3 Å². The number of rotatable bonds is 5. The fourth-order valence-electron chi connectivity index (χ4n) is 3.72. The number of hydrogen-bond donors (Lipinski definition) is 3. The number of quaternary nitrogens is 1. The first-order valence-electron chi connectivity index (χ1n) is 10.6. The SMILES string of the molecule is C[N+](C)(C)CC(=O)O.O=C(O)c1cn(C2CC2)c2cc(N3CCNCC3)c(F)cc2c1=O.